The van der Waals surface area contributed by atoms with E-state index in [1.165, 1.54) is 0 Å². The number of nitriles is 1. The summed E-state index contributed by atoms with van der Waals surface area (Å²) in [5.74, 6) is 0.545. The van der Waals surface area contributed by atoms with Gasteiger partial charge in [-0.3, -0.25) is 0 Å². The second-order valence-corrected chi connectivity index (χ2v) is 3.68. The number of benzene rings is 1. The quantitative estimate of drug-likeness (QED) is 0.580. The molecule has 2 N–H and O–H groups in total. The molecule has 0 aliphatic carbocycles. The Bertz CT molecular complexity index is 385. The molecular formula is C13H18N2O2. The molecule has 0 amide bonds. The van der Waals surface area contributed by atoms with E-state index in [0.717, 1.165) is 19.4 Å². The van der Waals surface area contributed by atoms with Gasteiger partial charge >= 0.3 is 0 Å². The highest BCUT2D eigenvalue weighted by atomic mass is 16.5. The predicted molar refractivity (Wildman–Crippen MR) is 66.8 cm³/mol. The second kappa shape index (κ2) is 7.53. The van der Waals surface area contributed by atoms with Crippen LogP contribution in [0.3, 0.4) is 0 Å². The molecule has 0 fully saturated rings. The minimum absolute atomic E-state index is 0.447. The summed E-state index contributed by atoms with van der Waals surface area (Å²) < 4.78 is 10.8. The van der Waals surface area contributed by atoms with E-state index in [9.17, 15) is 0 Å². The summed E-state index contributed by atoms with van der Waals surface area (Å²) in [7, 11) is 0. The van der Waals surface area contributed by atoms with E-state index in [4.69, 9.17) is 20.5 Å². The fourth-order valence-corrected chi connectivity index (χ4v) is 1.29. The molecule has 0 saturated carbocycles. The topological polar surface area (TPSA) is 68.3 Å². The van der Waals surface area contributed by atoms with Gasteiger partial charge in [-0.2, -0.15) is 5.26 Å². The van der Waals surface area contributed by atoms with Gasteiger partial charge in [-0.25, -0.2) is 0 Å². The number of hydrogen-bond donors (Lipinski definition) is 1. The standard InChI is InChI=1S/C13H18N2O2/c1-2-3-6-16-7-8-17-13-9-11(10-14)4-5-12(13)15/h4-5,9H,2-3,6-8,15H2,1H3. The molecule has 4 nitrogen and oxygen atoms in total. The highest BCUT2D eigenvalue weighted by Gasteiger charge is 2.01. The molecule has 0 atom stereocenters. The maximum absolute atomic E-state index is 8.75. The van der Waals surface area contributed by atoms with E-state index in [-0.39, 0.29) is 0 Å². The Labute approximate surface area is 102 Å². The van der Waals surface area contributed by atoms with Crippen molar-refractivity contribution in [2.24, 2.45) is 0 Å². The molecule has 92 valence electrons. The Morgan fingerprint density at radius 1 is 1.29 bits per heavy atom. The monoisotopic (exact) mass is 234 g/mol. The van der Waals surface area contributed by atoms with Crippen molar-refractivity contribution >= 4 is 5.69 Å². The lowest BCUT2D eigenvalue weighted by Gasteiger charge is -2.09. The van der Waals surface area contributed by atoms with Crippen LogP contribution in [-0.4, -0.2) is 19.8 Å². The first kappa shape index (κ1) is 13.3. The molecule has 0 aliphatic rings. The van der Waals surface area contributed by atoms with Gasteiger partial charge in [-0.1, -0.05) is 13.3 Å². The summed E-state index contributed by atoms with van der Waals surface area (Å²) in [5, 5.41) is 8.75. The second-order valence-electron chi connectivity index (χ2n) is 3.68. The van der Waals surface area contributed by atoms with Crippen molar-refractivity contribution < 1.29 is 9.47 Å². The van der Waals surface area contributed by atoms with Crippen molar-refractivity contribution in [3.63, 3.8) is 0 Å². The van der Waals surface area contributed by atoms with E-state index in [1.807, 2.05) is 6.07 Å². The zero-order chi connectivity index (χ0) is 12.5. The zero-order valence-electron chi connectivity index (χ0n) is 10.1. The average molecular weight is 234 g/mol. The molecule has 0 saturated heterocycles. The van der Waals surface area contributed by atoms with Gasteiger partial charge in [0.15, 0.2) is 0 Å². The Morgan fingerprint density at radius 2 is 2.12 bits per heavy atom. The van der Waals surface area contributed by atoms with E-state index in [0.29, 0.717) is 30.2 Å². The number of nitrogens with two attached hydrogens (primary N) is 1. The summed E-state index contributed by atoms with van der Waals surface area (Å²) in [6, 6.07) is 7.03. The number of nitrogen functional groups attached to an aromatic ring is 1. The molecule has 0 unspecified atom stereocenters. The van der Waals surface area contributed by atoms with Crippen molar-refractivity contribution in [3.8, 4) is 11.8 Å². The van der Waals surface area contributed by atoms with E-state index in [2.05, 4.69) is 6.92 Å². The van der Waals surface area contributed by atoms with Gasteiger partial charge < -0.3 is 15.2 Å². The summed E-state index contributed by atoms with van der Waals surface area (Å²) in [5.41, 5.74) is 6.81. The van der Waals surface area contributed by atoms with E-state index >= 15 is 0 Å². The molecule has 1 rings (SSSR count). The van der Waals surface area contributed by atoms with Crippen molar-refractivity contribution in [1.82, 2.24) is 0 Å². The van der Waals surface area contributed by atoms with Crippen LogP contribution in [0.15, 0.2) is 18.2 Å². The number of hydrogen-bond acceptors (Lipinski definition) is 4. The molecule has 4 heteroatoms. The van der Waals surface area contributed by atoms with Crippen molar-refractivity contribution in [2.45, 2.75) is 19.8 Å². The van der Waals surface area contributed by atoms with Crippen LogP contribution in [0.1, 0.15) is 25.3 Å². The largest absolute Gasteiger partial charge is 0.489 e. The molecule has 0 heterocycles. The number of unbranched alkanes of at least 4 members (excludes halogenated alkanes) is 1. The first-order valence-electron chi connectivity index (χ1n) is 5.78. The maximum atomic E-state index is 8.75. The van der Waals surface area contributed by atoms with Gasteiger partial charge in [-0.15, -0.1) is 0 Å². The zero-order valence-corrected chi connectivity index (χ0v) is 10.1. The first-order chi connectivity index (χ1) is 8.27. The Balaban J connectivity index is 2.33. The van der Waals surface area contributed by atoms with Crippen LogP contribution < -0.4 is 10.5 Å². The van der Waals surface area contributed by atoms with Crippen LogP contribution >= 0.6 is 0 Å². The van der Waals surface area contributed by atoms with Crippen molar-refractivity contribution in [2.75, 3.05) is 25.6 Å². The third kappa shape index (κ3) is 4.75. The van der Waals surface area contributed by atoms with Crippen LogP contribution in [0.25, 0.3) is 0 Å². The summed E-state index contributed by atoms with van der Waals surface area (Å²) in [4.78, 5) is 0. The lowest BCUT2D eigenvalue weighted by Crippen LogP contribution is -2.08. The van der Waals surface area contributed by atoms with Crippen molar-refractivity contribution in [3.05, 3.63) is 23.8 Å². The third-order valence-corrected chi connectivity index (χ3v) is 2.27. The fourth-order valence-electron chi connectivity index (χ4n) is 1.29. The number of ether oxygens (including phenoxy) is 2. The maximum Gasteiger partial charge on any atom is 0.143 e. The smallest absolute Gasteiger partial charge is 0.143 e. The highest BCUT2D eigenvalue weighted by molar-refractivity contribution is 5.55. The van der Waals surface area contributed by atoms with E-state index < -0.39 is 0 Å². The van der Waals surface area contributed by atoms with Crippen LogP contribution in [0.4, 0.5) is 5.69 Å². The van der Waals surface area contributed by atoms with Crippen LogP contribution in [0, 0.1) is 11.3 Å². The molecule has 0 spiro atoms. The third-order valence-electron chi connectivity index (χ3n) is 2.27. The summed E-state index contributed by atoms with van der Waals surface area (Å²) >= 11 is 0. The van der Waals surface area contributed by atoms with Crippen molar-refractivity contribution in [1.29, 1.82) is 5.26 Å². The van der Waals surface area contributed by atoms with Crippen LogP contribution in [0.5, 0.6) is 5.75 Å². The molecule has 1 aromatic carbocycles. The van der Waals surface area contributed by atoms with Gasteiger partial charge in [-0.05, 0) is 18.6 Å². The number of nitrogens with zero attached hydrogens (tertiary/aromatic N) is 1. The normalized spacial score (nSPS) is 9.88. The Morgan fingerprint density at radius 3 is 2.82 bits per heavy atom. The minimum Gasteiger partial charge on any atom is -0.489 e. The van der Waals surface area contributed by atoms with Gasteiger partial charge in [0.25, 0.3) is 0 Å². The lowest BCUT2D eigenvalue weighted by atomic mass is 10.2. The summed E-state index contributed by atoms with van der Waals surface area (Å²) in [6.07, 6.45) is 2.18. The SMILES string of the molecule is CCCCOCCOc1cc(C#N)ccc1N. The van der Waals surface area contributed by atoms with Gasteiger partial charge in [0.1, 0.15) is 12.4 Å². The molecule has 0 bridgehead atoms. The predicted octanol–water partition coefficient (Wildman–Crippen LogP) is 2.34. The lowest BCUT2D eigenvalue weighted by molar-refractivity contribution is 0.0983. The van der Waals surface area contributed by atoms with E-state index in [1.54, 1.807) is 18.2 Å². The molecule has 0 aliphatic heterocycles. The molecule has 0 aromatic heterocycles. The van der Waals surface area contributed by atoms with Gasteiger partial charge in [0, 0.05) is 12.7 Å². The molecule has 17 heavy (non-hydrogen) atoms. The Hall–Kier alpha value is -1.73. The molecule has 0 radical (unpaired) electrons. The number of rotatable bonds is 7. The molecular weight excluding hydrogens is 216 g/mol. The fraction of sp³-hybridized carbons (Fsp3) is 0.462. The van der Waals surface area contributed by atoms with Crippen LogP contribution in [-0.2, 0) is 4.74 Å². The molecule has 1 aromatic rings. The Kier molecular flexibility index (Phi) is 5.91. The van der Waals surface area contributed by atoms with Gasteiger partial charge in [0.05, 0.1) is 23.9 Å². The summed E-state index contributed by atoms with van der Waals surface area (Å²) in [6.45, 7) is 3.86. The van der Waals surface area contributed by atoms with Gasteiger partial charge in [0.2, 0.25) is 0 Å². The average Bonchev–Trinajstić information content (AvgIpc) is 2.35. The number of anilines is 1. The first-order valence-corrected chi connectivity index (χ1v) is 5.78. The minimum atomic E-state index is 0.447. The van der Waals surface area contributed by atoms with Crippen LogP contribution in [0.2, 0.25) is 0 Å². The highest BCUT2D eigenvalue weighted by Crippen LogP contribution is 2.22.